The Morgan fingerprint density at radius 3 is 2.43 bits per heavy atom. The molecule has 21 heavy (non-hydrogen) atoms. The van der Waals surface area contributed by atoms with Gasteiger partial charge in [0.15, 0.2) is 0 Å². The molecule has 1 aromatic carbocycles. The maximum atomic E-state index is 12.7. The van der Waals surface area contributed by atoms with Crippen molar-refractivity contribution in [3.05, 3.63) is 35.4 Å². The Morgan fingerprint density at radius 2 is 1.90 bits per heavy atom. The van der Waals surface area contributed by atoms with E-state index in [-0.39, 0.29) is 12.1 Å². The minimum Gasteiger partial charge on any atom is -0.378 e. The van der Waals surface area contributed by atoms with Crippen LogP contribution in [0.1, 0.15) is 43.9 Å². The second kappa shape index (κ2) is 6.79. The summed E-state index contributed by atoms with van der Waals surface area (Å²) < 4.78 is 43.7. The zero-order valence-corrected chi connectivity index (χ0v) is 12.4. The SMILES string of the molecule is CCNC(c1ccc(C(F)(F)F)cc1)C1CCOC1CC. The summed E-state index contributed by atoms with van der Waals surface area (Å²) in [7, 11) is 0. The van der Waals surface area contributed by atoms with Crippen molar-refractivity contribution in [2.24, 2.45) is 5.92 Å². The molecule has 0 bridgehead atoms. The molecule has 0 saturated carbocycles. The van der Waals surface area contributed by atoms with E-state index >= 15 is 0 Å². The van der Waals surface area contributed by atoms with E-state index in [4.69, 9.17) is 4.74 Å². The summed E-state index contributed by atoms with van der Waals surface area (Å²) in [6.07, 6.45) is -2.24. The molecule has 5 heteroatoms. The van der Waals surface area contributed by atoms with Gasteiger partial charge in [-0.1, -0.05) is 26.0 Å². The Hall–Kier alpha value is -1.07. The van der Waals surface area contributed by atoms with E-state index in [1.165, 1.54) is 0 Å². The standard InChI is InChI=1S/C16H22F3NO/c1-3-14-13(9-10-21-14)15(20-4-2)11-5-7-12(8-6-11)16(17,18)19/h5-8,13-15,20H,3-4,9-10H2,1-2H3. The highest BCUT2D eigenvalue weighted by atomic mass is 19.4. The smallest absolute Gasteiger partial charge is 0.378 e. The highest BCUT2D eigenvalue weighted by Crippen LogP contribution is 2.36. The molecule has 3 unspecified atom stereocenters. The van der Waals surface area contributed by atoms with Gasteiger partial charge in [-0.2, -0.15) is 13.2 Å². The van der Waals surface area contributed by atoms with Crippen LogP contribution in [-0.2, 0) is 10.9 Å². The zero-order chi connectivity index (χ0) is 15.5. The molecule has 118 valence electrons. The first-order valence-corrected chi connectivity index (χ1v) is 7.49. The second-order valence-electron chi connectivity index (χ2n) is 5.43. The lowest BCUT2D eigenvalue weighted by molar-refractivity contribution is -0.137. The van der Waals surface area contributed by atoms with Gasteiger partial charge in [0.05, 0.1) is 11.7 Å². The normalized spacial score (nSPS) is 24.2. The third-order valence-corrected chi connectivity index (χ3v) is 4.11. The highest BCUT2D eigenvalue weighted by Gasteiger charge is 2.35. The van der Waals surface area contributed by atoms with Gasteiger partial charge in [-0.25, -0.2) is 0 Å². The summed E-state index contributed by atoms with van der Waals surface area (Å²) in [4.78, 5) is 0. The molecule has 3 atom stereocenters. The van der Waals surface area contributed by atoms with Crippen LogP contribution in [0.15, 0.2) is 24.3 Å². The van der Waals surface area contributed by atoms with Crippen molar-refractivity contribution in [3.63, 3.8) is 0 Å². The van der Waals surface area contributed by atoms with Crippen LogP contribution in [0.5, 0.6) is 0 Å². The number of halogens is 3. The Balaban J connectivity index is 2.22. The van der Waals surface area contributed by atoms with Gasteiger partial charge < -0.3 is 10.1 Å². The predicted molar refractivity (Wildman–Crippen MR) is 76.0 cm³/mol. The van der Waals surface area contributed by atoms with Gasteiger partial charge in [0.1, 0.15) is 0 Å². The molecular weight excluding hydrogens is 279 g/mol. The van der Waals surface area contributed by atoms with Crippen LogP contribution >= 0.6 is 0 Å². The Morgan fingerprint density at radius 1 is 1.24 bits per heavy atom. The third kappa shape index (κ3) is 3.77. The lowest BCUT2D eigenvalue weighted by Crippen LogP contribution is -2.32. The van der Waals surface area contributed by atoms with Crippen LogP contribution in [0.2, 0.25) is 0 Å². The number of nitrogens with one attached hydrogen (secondary N) is 1. The van der Waals surface area contributed by atoms with E-state index in [1.807, 2.05) is 6.92 Å². The van der Waals surface area contributed by atoms with Gasteiger partial charge in [0.25, 0.3) is 0 Å². The van der Waals surface area contributed by atoms with Gasteiger partial charge in [0, 0.05) is 18.6 Å². The lowest BCUT2D eigenvalue weighted by atomic mass is 9.86. The summed E-state index contributed by atoms with van der Waals surface area (Å²) in [5.74, 6) is 0.312. The number of hydrogen-bond donors (Lipinski definition) is 1. The van der Waals surface area contributed by atoms with Crippen molar-refractivity contribution in [2.75, 3.05) is 13.2 Å². The van der Waals surface area contributed by atoms with Gasteiger partial charge in [-0.05, 0) is 37.1 Å². The first-order valence-electron chi connectivity index (χ1n) is 7.49. The number of rotatable bonds is 5. The Bertz CT molecular complexity index is 444. The largest absolute Gasteiger partial charge is 0.416 e. The van der Waals surface area contributed by atoms with Crippen molar-refractivity contribution in [1.82, 2.24) is 5.32 Å². The molecule has 1 N–H and O–H groups in total. The number of benzene rings is 1. The monoisotopic (exact) mass is 301 g/mol. The van der Waals surface area contributed by atoms with E-state index in [0.29, 0.717) is 5.92 Å². The van der Waals surface area contributed by atoms with E-state index in [1.54, 1.807) is 12.1 Å². The average molecular weight is 301 g/mol. The molecule has 0 aromatic heterocycles. The van der Waals surface area contributed by atoms with Gasteiger partial charge >= 0.3 is 6.18 Å². The van der Waals surface area contributed by atoms with E-state index in [0.717, 1.165) is 43.7 Å². The maximum absolute atomic E-state index is 12.7. The first kappa shape index (κ1) is 16.3. The molecule has 1 aliphatic heterocycles. The minimum atomic E-state index is -4.28. The molecule has 1 fully saturated rings. The fourth-order valence-electron chi connectivity index (χ4n) is 3.08. The molecule has 1 aliphatic rings. The molecule has 1 aromatic rings. The van der Waals surface area contributed by atoms with Crippen LogP contribution in [0.4, 0.5) is 13.2 Å². The molecule has 1 saturated heterocycles. The van der Waals surface area contributed by atoms with Crippen molar-refractivity contribution in [3.8, 4) is 0 Å². The van der Waals surface area contributed by atoms with E-state index in [9.17, 15) is 13.2 Å². The summed E-state index contributed by atoms with van der Waals surface area (Å²) in [5.41, 5.74) is 0.301. The van der Waals surface area contributed by atoms with Crippen molar-refractivity contribution < 1.29 is 17.9 Å². The number of hydrogen-bond acceptors (Lipinski definition) is 2. The topological polar surface area (TPSA) is 21.3 Å². The molecule has 2 nitrogen and oxygen atoms in total. The van der Waals surface area contributed by atoms with Gasteiger partial charge in [0.2, 0.25) is 0 Å². The molecule has 0 amide bonds. The van der Waals surface area contributed by atoms with Crippen LogP contribution in [-0.4, -0.2) is 19.3 Å². The zero-order valence-electron chi connectivity index (χ0n) is 12.4. The molecule has 2 rings (SSSR count). The fraction of sp³-hybridized carbons (Fsp3) is 0.625. The van der Waals surface area contributed by atoms with Crippen LogP contribution in [0.25, 0.3) is 0 Å². The predicted octanol–water partition coefficient (Wildman–Crippen LogP) is 4.17. The molecular formula is C16H22F3NO. The van der Waals surface area contributed by atoms with Crippen molar-refractivity contribution in [2.45, 2.75) is 45.0 Å². The summed E-state index contributed by atoms with van der Waals surface area (Å²) in [6.45, 7) is 5.59. The second-order valence-corrected chi connectivity index (χ2v) is 5.43. The lowest BCUT2D eigenvalue weighted by Gasteiger charge is -2.28. The van der Waals surface area contributed by atoms with Crippen LogP contribution < -0.4 is 5.32 Å². The fourth-order valence-corrected chi connectivity index (χ4v) is 3.08. The van der Waals surface area contributed by atoms with Crippen molar-refractivity contribution >= 4 is 0 Å². The number of ether oxygens (including phenoxy) is 1. The third-order valence-electron chi connectivity index (χ3n) is 4.11. The molecule has 1 heterocycles. The Kier molecular flexibility index (Phi) is 5.27. The highest BCUT2D eigenvalue weighted by molar-refractivity contribution is 5.27. The number of alkyl halides is 3. The average Bonchev–Trinajstić information content (AvgIpc) is 2.92. The summed E-state index contributed by atoms with van der Waals surface area (Å²) in [5, 5.41) is 3.40. The van der Waals surface area contributed by atoms with E-state index < -0.39 is 11.7 Å². The van der Waals surface area contributed by atoms with Gasteiger partial charge in [-0.15, -0.1) is 0 Å². The van der Waals surface area contributed by atoms with Crippen LogP contribution in [0, 0.1) is 5.92 Å². The Labute approximate surface area is 123 Å². The summed E-state index contributed by atoms with van der Waals surface area (Å²) in [6, 6.07) is 5.54. The maximum Gasteiger partial charge on any atom is 0.416 e. The molecule has 0 spiro atoms. The minimum absolute atomic E-state index is 0.0460. The van der Waals surface area contributed by atoms with Crippen LogP contribution in [0.3, 0.4) is 0 Å². The molecule has 0 aliphatic carbocycles. The quantitative estimate of drug-likeness (QED) is 0.881. The first-order chi connectivity index (χ1) is 9.97. The van der Waals surface area contributed by atoms with E-state index in [2.05, 4.69) is 12.2 Å². The van der Waals surface area contributed by atoms with Crippen molar-refractivity contribution in [1.29, 1.82) is 0 Å². The summed E-state index contributed by atoms with van der Waals surface area (Å²) >= 11 is 0. The molecule has 0 radical (unpaired) electrons. The van der Waals surface area contributed by atoms with Gasteiger partial charge in [-0.3, -0.25) is 0 Å².